The SMILES string of the molecule is CC[C@@H](Nc1nc(Nc2ccc3c(c2)c(OC)nn3CC)c(C(N)=O)cc1F)[C@H](C)N. The van der Waals surface area contributed by atoms with Gasteiger partial charge in [0.15, 0.2) is 11.6 Å². The normalized spacial score (nSPS) is 13.1. The highest BCUT2D eigenvalue weighted by Gasteiger charge is 2.20. The van der Waals surface area contributed by atoms with E-state index < -0.39 is 11.7 Å². The first-order chi connectivity index (χ1) is 14.8. The Morgan fingerprint density at radius 1 is 1.29 bits per heavy atom. The van der Waals surface area contributed by atoms with Gasteiger partial charge in [-0.25, -0.2) is 9.37 Å². The quantitative estimate of drug-likeness (QED) is 0.411. The lowest BCUT2D eigenvalue weighted by Crippen LogP contribution is -2.38. The van der Waals surface area contributed by atoms with Gasteiger partial charge in [0.05, 0.1) is 23.6 Å². The number of aryl methyl sites for hydroxylation is 1. The summed E-state index contributed by atoms with van der Waals surface area (Å²) in [6, 6.07) is 6.19. The number of fused-ring (bicyclic) bond motifs is 1. The summed E-state index contributed by atoms with van der Waals surface area (Å²) in [7, 11) is 1.55. The summed E-state index contributed by atoms with van der Waals surface area (Å²) in [5.41, 5.74) is 12.9. The van der Waals surface area contributed by atoms with Crippen molar-refractivity contribution in [3.05, 3.63) is 35.6 Å². The lowest BCUT2D eigenvalue weighted by Gasteiger charge is -2.22. The van der Waals surface area contributed by atoms with E-state index in [9.17, 15) is 9.18 Å². The van der Waals surface area contributed by atoms with Crippen molar-refractivity contribution in [3.8, 4) is 5.88 Å². The number of anilines is 3. The average molecular weight is 430 g/mol. The number of amides is 1. The van der Waals surface area contributed by atoms with Crippen LogP contribution < -0.4 is 26.8 Å². The van der Waals surface area contributed by atoms with Crippen molar-refractivity contribution in [2.75, 3.05) is 17.7 Å². The fourth-order valence-electron chi connectivity index (χ4n) is 3.41. The Bertz CT molecular complexity index is 1100. The van der Waals surface area contributed by atoms with Gasteiger partial charge < -0.3 is 26.8 Å². The molecule has 31 heavy (non-hydrogen) atoms. The molecule has 0 unspecified atom stereocenters. The van der Waals surface area contributed by atoms with E-state index >= 15 is 0 Å². The van der Waals surface area contributed by atoms with Gasteiger partial charge in [0.1, 0.15) is 5.82 Å². The van der Waals surface area contributed by atoms with Crippen LogP contribution in [0.1, 0.15) is 37.6 Å². The largest absolute Gasteiger partial charge is 0.479 e. The van der Waals surface area contributed by atoms with E-state index in [4.69, 9.17) is 16.2 Å². The summed E-state index contributed by atoms with van der Waals surface area (Å²) in [6.45, 7) is 6.44. The smallest absolute Gasteiger partial charge is 0.252 e. The van der Waals surface area contributed by atoms with Gasteiger partial charge in [-0.05, 0) is 44.5 Å². The number of carbonyl (C=O) groups is 1. The van der Waals surface area contributed by atoms with Gasteiger partial charge in [-0.2, -0.15) is 0 Å². The number of benzene rings is 1. The third-order valence-electron chi connectivity index (χ3n) is 5.11. The predicted molar refractivity (Wildman–Crippen MR) is 119 cm³/mol. The Morgan fingerprint density at radius 3 is 2.61 bits per heavy atom. The van der Waals surface area contributed by atoms with Crippen LogP contribution in [-0.4, -0.2) is 39.9 Å². The highest BCUT2D eigenvalue weighted by molar-refractivity contribution is 5.99. The second-order valence-electron chi connectivity index (χ2n) is 7.28. The summed E-state index contributed by atoms with van der Waals surface area (Å²) >= 11 is 0. The average Bonchev–Trinajstić information content (AvgIpc) is 3.10. The van der Waals surface area contributed by atoms with Crippen LogP contribution in [0.4, 0.5) is 21.7 Å². The molecule has 10 heteroatoms. The number of pyridine rings is 1. The molecule has 0 radical (unpaired) electrons. The summed E-state index contributed by atoms with van der Waals surface area (Å²) in [6.07, 6.45) is 0.678. The Labute approximate surface area is 180 Å². The molecule has 3 aromatic rings. The molecular formula is C21H28FN7O2. The maximum absolute atomic E-state index is 14.6. The van der Waals surface area contributed by atoms with Crippen molar-refractivity contribution in [3.63, 3.8) is 0 Å². The van der Waals surface area contributed by atoms with E-state index in [0.29, 0.717) is 24.5 Å². The topological polar surface area (TPSA) is 133 Å². The molecule has 2 atom stereocenters. The number of nitrogens with two attached hydrogens (primary N) is 2. The van der Waals surface area contributed by atoms with Crippen molar-refractivity contribution in [1.82, 2.24) is 14.8 Å². The second-order valence-corrected chi connectivity index (χ2v) is 7.28. The lowest BCUT2D eigenvalue weighted by molar-refractivity contribution is 0.100. The molecule has 0 aliphatic rings. The fourth-order valence-corrected chi connectivity index (χ4v) is 3.41. The van der Waals surface area contributed by atoms with Gasteiger partial charge >= 0.3 is 0 Å². The number of methoxy groups -OCH3 is 1. The number of primary amides is 1. The Kier molecular flexibility index (Phi) is 6.59. The molecule has 0 spiro atoms. The zero-order valence-corrected chi connectivity index (χ0v) is 18.1. The number of halogens is 1. The third kappa shape index (κ3) is 4.53. The molecule has 1 aromatic carbocycles. The number of nitrogens with zero attached hydrogens (tertiary/aromatic N) is 3. The van der Waals surface area contributed by atoms with Gasteiger partial charge in [0.2, 0.25) is 5.88 Å². The number of hydrogen-bond acceptors (Lipinski definition) is 7. The van der Waals surface area contributed by atoms with Crippen molar-refractivity contribution < 1.29 is 13.9 Å². The van der Waals surface area contributed by atoms with Gasteiger partial charge in [0.25, 0.3) is 5.91 Å². The molecule has 0 fully saturated rings. The van der Waals surface area contributed by atoms with Crippen LogP contribution in [0, 0.1) is 5.82 Å². The molecule has 0 saturated heterocycles. The minimum atomic E-state index is -0.794. The van der Waals surface area contributed by atoms with Crippen molar-refractivity contribution >= 4 is 34.1 Å². The number of rotatable bonds is 9. The summed E-state index contributed by atoms with van der Waals surface area (Å²) < 4.78 is 21.8. The van der Waals surface area contributed by atoms with Crippen LogP contribution >= 0.6 is 0 Å². The van der Waals surface area contributed by atoms with Crippen LogP contribution in [0.15, 0.2) is 24.3 Å². The standard InChI is InChI=1S/C21H28FN7O2/c1-5-16(11(3)23)26-20-15(22)10-14(18(24)30)19(27-20)25-12-7-8-17-13(9-12)21(31-4)28-29(17)6-2/h7-11,16H,5-6,23H2,1-4H3,(H2,24,30)(H2,25,26,27)/t11-,16+/m0/s1. The molecule has 0 saturated carbocycles. The van der Waals surface area contributed by atoms with E-state index in [0.717, 1.165) is 17.0 Å². The molecule has 1 amide bonds. The summed E-state index contributed by atoms with van der Waals surface area (Å²) in [4.78, 5) is 16.2. The monoisotopic (exact) mass is 429 g/mol. The fraction of sp³-hybridized carbons (Fsp3) is 0.381. The zero-order valence-electron chi connectivity index (χ0n) is 18.1. The van der Waals surface area contributed by atoms with Crippen molar-refractivity contribution in [1.29, 1.82) is 0 Å². The maximum atomic E-state index is 14.6. The highest BCUT2D eigenvalue weighted by atomic mass is 19.1. The minimum Gasteiger partial charge on any atom is -0.479 e. The predicted octanol–water partition coefficient (Wildman–Crippen LogP) is 2.98. The van der Waals surface area contributed by atoms with E-state index in [-0.39, 0.29) is 29.3 Å². The van der Waals surface area contributed by atoms with Gasteiger partial charge in [-0.3, -0.25) is 9.48 Å². The molecule has 9 nitrogen and oxygen atoms in total. The van der Waals surface area contributed by atoms with Crippen molar-refractivity contribution in [2.45, 2.75) is 45.8 Å². The zero-order chi connectivity index (χ0) is 22.7. The van der Waals surface area contributed by atoms with Crippen LogP contribution in [0.3, 0.4) is 0 Å². The molecular weight excluding hydrogens is 401 g/mol. The first-order valence-electron chi connectivity index (χ1n) is 10.1. The Hall–Kier alpha value is -3.40. The molecule has 0 aliphatic carbocycles. The van der Waals surface area contributed by atoms with Crippen LogP contribution in [-0.2, 0) is 6.54 Å². The van der Waals surface area contributed by atoms with Gasteiger partial charge in [0, 0.05) is 24.3 Å². The molecule has 0 bridgehead atoms. The van der Waals surface area contributed by atoms with E-state index in [1.54, 1.807) is 7.11 Å². The van der Waals surface area contributed by atoms with Crippen LogP contribution in [0.25, 0.3) is 10.9 Å². The molecule has 3 rings (SSSR count). The lowest BCUT2D eigenvalue weighted by atomic mass is 10.1. The number of nitrogens with one attached hydrogen (secondary N) is 2. The van der Waals surface area contributed by atoms with Gasteiger partial charge in [-0.15, -0.1) is 5.10 Å². The third-order valence-corrected chi connectivity index (χ3v) is 5.11. The molecule has 6 N–H and O–H groups in total. The van der Waals surface area contributed by atoms with Gasteiger partial charge in [-0.1, -0.05) is 6.92 Å². The van der Waals surface area contributed by atoms with Crippen LogP contribution in [0.5, 0.6) is 5.88 Å². The first-order valence-corrected chi connectivity index (χ1v) is 10.1. The van der Waals surface area contributed by atoms with E-state index in [1.165, 1.54) is 0 Å². The number of ether oxygens (including phenoxy) is 1. The minimum absolute atomic E-state index is 0.00545. The first kappa shape index (κ1) is 22.3. The highest BCUT2D eigenvalue weighted by Crippen LogP contribution is 2.30. The van der Waals surface area contributed by atoms with Crippen molar-refractivity contribution in [2.24, 2.45) is 11.5 Å². The second kappa shape index (κ2) is 9.17. The summed E-state index contributed by atoms with van der Waals surface area (Å²) in [5.74, 6) is -0.865. The Morgan fingerprint density at radius 2 is 2.03 bits per heavy atom. The number of carbonyl (C=O) groups excluding carboxylic acids is 1. The Balaban J connectivity index is 2.03. The summed E-state index contributed by atoms with van der Waals surface area (Å²) in [5, 5.41) is 11.3. The van der Waals surface area contributed by atoms with Crippen LogP contribution in [0.2, 0.25) is 0 Å². The molecule has 0 aliphatic heterocycles. The number of hydrogen-bond donors (Lipinski definition) is 4. The maximum Gasteiger partial charge on any atom is 0.252 e. The number of aromatic nitrogens is 3. The van der Waals surface area contributed by atoms with E-state index in [1.807, 2.05) is 43.7 Å². The molecule has 2 aromatic heterocycles. The molecule has 2 heterocycles. The molecule has 166 valence electrons. The van der Waals surface area contributed by atoms with E-state index in [2.05, 4.69) is 20.7 Å².